The highest BCUT2D eigenvalue weighted by molar-refractivity contribution is 5.63. The lowest BCUT2D eigenvalue weighted by atomic mass is 9.84. The Kier molecular flexibility index (Phi) is 7.23. The molecule has 3 atom stereocenters. The van der Waals surface area contributed by atoms with Crippen molar-refractivity contribution in [1.82, 2.24) is 34.7 Å². The van der Waals surface area contributed by atoms with Crippen LogP contribution in [0.5, 0.6) is 5.75 Å². The number of halogens is 3. The zero-order valence-electron chi connectivity index (χ0n) is 22.3. The molecule has 2 aromatic heterocycles. The summed E-state index contributed by atoms with van der Waals surface area (Å²) in [5, 5.41) is 13.4. The predicted molar refractivity (Wildman–Crippen MR) is 138 cm³/mol. The normalized spacial score (nSPS) is 21.4. The lowest BCUT2D eigenvalue weighted by Gasteiger charge is -2.47. The number of benzene rings is 1. The highest BCUT2D eigenvalue weighted by atomic mass is 19.1. The van der Waals surface area contributed by atoms with E-state index in [0.717, 1.165) is 53.9 Å². The Balaban J connectivity index is 1.41. The molecule has 0 amide bonds. The number of rotatable bonds is 8. The molecule has 0 bridgehead atoms. The molecule has 39 heavy (non-hydrogen) atoms. The van der Waals surface area contributed by atoms with Gasteiger partial charge >= 0.3 is 5.69 Å². The third-order valence-electron chi connectivity index (χ3n) is 7.26. The first-order valence-corrected chi connectivity index (χ1v) is 12.9. The van der Waals surface area contributed by atoms with Crippen LogP contribution >= 0.6 is 0 Å². The van der Waals surface area contributed by atoms with Crippen LogP contribution in [0.4, 0.5) is 30.6 Å². The fourth-order valence-electron chi connectivity index (χ4n) is 5.55. The predicted octanol–water partition coefficient (Wildman–Crippen LogP) is 3.33. The van der Waals surface area contributed by atoms with Crippen molar-refractivity contribution in [2.45, 2.75) is 70.2 Å². The van der Waals surface area contributed by atoms with E-state index in [1.807, 2.05) is 0 Å². The number of alkyl halides is 1. The van der Waals surface area contributed by atoms with Crippen molar-refractivity contribution in [3.05, 3.63) is 40.4 Å². The monoisotopic (exact) mass is 547 g/mol. The minimum Gasteiger partial charge on any atom is -0.488 e. The SMILES string of the molecule is C[C@@H](F)COc1cc(F)c(Nc2ncc(F)c(N[C@@H]3C[C@H]4CCCN4C(C)(C)C3)n2)cc1-n1nnn(C)c1=O. The minimum atomic E-state index is -1.33. The van der Waals surface area contributed by atoms with Gasteiger partial charge in [0.2, 0.25) is 5.95 Å². The Bertz CT molecular complexity index is 1410. The molecule has 0 radical (unpaired) electrons. The number of fused-ring (bicyclic) bond motifs is 1. The standard InChI is InChI=1S/C25H32F3N9O2/c1-14(26)13-39-21-9-17(27)19(10-20(21)37-24(38)35(4)33-34-37)31-23-29-12-18(28)22(32-23)30-15-8-16-6-5-7-36(16)25(2,3)11-15/h9-10,12,14-16H,5-8,11,13H2,1-4H3,(H2,29,30,31,32)/t14-,15-,16-/m1/s1. The summed E-state index contributed by atoms with van der Waals surface area (Å²) in [7, 11) is 1.40. The van der Waals surface area contributed by atoms with Gasteiger partial charge in [-0.2, -0.15) is 14.3 Å². The van der Waals surface area contributed by atoms with Crippen LogP contribution in [0.3, 0.4) is 0 Å². The Hall–Kier alpha value is -3.68. The second kappa shape index (κ2) is 10.5. The zero-order chi connectivity index (χ0) is 27.9. The number of tetrazole rings is 1. The molecule has 2 saturated heterocycles. The van der Waals surface area contributed by atoms with Gasteiger partial charge in [0.15, 0.2) is 17.5 Å². The number of aryl methyl sites for hydroxylation is 1. The van der Waals surface area contributed by atoms with Crippen molar-refractivity contribution in [2.75, 3.05) is 23.8 Å². The Labute approximate surface area is 223 Å². The van der Waals surface area contributed by atoms with Crippen molar-refractivity contribution < 1.29 is 17.9 Å². The highest BCUT2D eigenvalue weighted by Gasteiger charge is 2.43. The first kappa shape index (κ1) is 26.9. The summed E-state index contributed by atoms with van der Waals surface area (Å²) in [5.41, 5.74) is -0.736. The molecule has 5 rings (SSSR count). The van der Waals surface area contributed by atoms with Crippen LogP contribution in [0, 0.1) is 11.6 Å². The van der Waals surface area contributed by atoms with Crippen molar-refractivity contribution in [3.63, 3.8) is 0 Å². The molecule has 210 valence electrons. The van der Waals surface area contributed by atoms with Crippen LogP contribution in [0.2, 0.25) is 0 Å². The molecule has 0 unspecified atom stereocenters. The summed E-state index contributed by atoms with van der Waals surface area (Å²) >= 11 is 0. The molecule has 11 nitrogen and oxygen atoms in total. The van der Waals surface area contributed by atoms with Crippen molar-refractivity contribution in [2.24, 2.45) is 7.05 Å². The molecular formula is C25H32F3N9O2. The van der Waals surface area contributed by atoms with Crippen LogP contribution in [0.1, 0.15) is 46.5 Å². The summed E-state index contributed by atoms with van der Waals surface area (Å²) in [5.74, 6) is -1.55. The Morgan fingerprint density at radius 2 is 2.03 bits per heavy atom. The molecule has 3 aromatic rings. The fraction of sp³-hybridized carbons (Fsp3) is 0.560. The van der Waals surface area contributed by atoms with Gasteiger partial charge in [0.1, 0.15) is 24.2 Å². The summed E-state index contributed by atoms with van der Waals surface area (Å²) < 4.78 is 50.6. The lowest BCUT2D eigenvalue weighted by molar-refractivity contribution is 0.0500. The summed E-state index contributed by atoms with van der Waals surface area (Å²) in [6.45, 7) is 6.40. The van der Waals surface area contributed by atoms with E-state index in [4.69, 9.17) is 4.74 Å². The molecular weight excluding hydrogens is 515 g/mol. The molecule has 2 N–H and O–H groups in total. The first-order valence-electron chi connectivity index (χ1n) is 12.9. The number of aromatic nitrogens is 6. The van der Waals surface area contributed by atoms with E-state index in [0.29, 0.717) is 6.04 Å². The quantitative estimate of drug-likeness (QED) is 0.438. The third kappa shape index (κ3) is 5.56. The van der Waals surface area contributed by atoms with Crippen LogP contribution in [0.25, 0.3) is 5.69 Å². The molecule has 2 aliphatic rings. The average Bonchev–Trinajstić information content (AvgIpc) is 3.48. The van der Waals surface area contributed by atoms with Crippen molar-refractivity contribution in [1.29, 1.82) is 0 Å². The van der Waals surface area contributed by atoms with E-state index in [2.05, 4.69) is 49.8 Å². The number of nitrogens with one attached hydrogen (secondary N) is 2. The largest absolute Gasteiger partial charge is 0.488 e. The topological polar surface area (TPSA) is 115 Å². The van der Waals surface area contributed by atoms with Gasteiger partial charge in [0.25, 0.3) is 0 Å². The maximum absolute atomic E-state index is 15.1. The average molecular weight is 548 g/mol. The number of nitrogens with zero attached hydrogens (tertiary/aromatic N) is 7. The van der Waals surface area contributed by atoms with Gasteiger partial charge in [-0.25, -0.2) is 22.9 Å². The summed E-state index contributed by atoms with van der Waals surface area (Å²) in [6, 6.07) is 2.70. The molecule has 0 spiro atoms. The number of piperidine rings is 1. The minimum absolute atomic E-state index is 0.0118. The van der Waals surface area contributed by atoms with Gasteiger partial charge in [-0.15, -0.1) is 0 Å². The maximum Gasteiger partial charge on any atom is 0.368 e. The second-order valence-electron chi connectivity index (χ2n) is 10.8. The van der Waals surface area contributed by atoms with Crippen molar-refractivity contribution >= 4 is 17.5 Å². The Morgan fingerprint density at radius 3 is 2.74 bits per heavy atom. The van der Waals surface area contributed by atoms with Gasteiger partial charge in [-0.3, -0.25) is 4.90 Å². The molecule has 14 heteroatoms. The summed E-state index contributed by atoms with van der Waals surface area (Å²) in [4.78, 5) is 23.2. The van der Waals surface area contributed by atoms with Gasteiger partial charge in [0.05, 0.1) is 11.9 Å². The molecule has 2 fully saturated rings. The zero-order valence-corrected chi connectivity index (χ0v) is 22.3. The van der Waals surface area contributed by atoms with Crippen LogP contribution in [0.15, 0.2) is 23.1 Å². The Morgan fingerprint density at radius 1 is 1.23 bits per heavy atom. The van der Waals surface area contributed by atoms with E-state index in [9.17, 15) is 13.6 Å². The van der Waals surface area contributed by atoms with Gasteiger partial charge in [-0.05, 0) is 69.5 Å². The maximum atomic E-state index is 15.1. The fourth-order valence-corrected chi connectivity index (χ4v) is 5.55. The molecule has 1 aromatic carbocycles. The lowest BCUT2D eigenvalue weighted by Crippen LogP contribution is -2.55. The van der Waals surface area contributed by atoms with E-state index in [1.165, 1.54) is 20.0 Å². The molecule has 0 saturated carbocycles. The number of hydrogen-bond acceptors (Lipinski definition) is 9. The molecule has 4 heterocycles. The summed E-state index contributed by atoms with van der Waals surface area (Å²) in [6.07, 6.45) is 3.64. The van der Waals surface area contributed by atoms with Gasteiger partial charge in [0, 0.05) is 30.7 Å². The van der Waals surface area contributed by atoms with Gasteiger partial charge < -0.3 is 15.4 Å². The van der Waals surface area contributed by atoms with E-state index in [1.54, 1.807) is 0 Å². The molecule has 2 aliphatic heterocycles. The van der Waals surface area contributed by atoms with Crippen LogP contribution < -0.4 is 21.1 Å². The number of ether oxygens (including phenoxy) is 1. The highest BCUT2D eigenvalue weighted by Crippen LogP contribution is 2.38. The first-order chi connectivity index (χ1) is 18.5. The van der Waals surface area contributed by atoms with Crippen LogP contribution in [-0.4, -0.2) is 71.6 Å². The third-order valence-corrected chi connectivity index (χ3v) is 7.26. The van der Waals surface area contributed by atoms with Gasteiger partial charge in [-0.1, -0.05) is 0 Å². The van der Waals surface area contributed by atoms with E-state index in [-0.39, 0.29) is 47.1 Å². The van der Waals surface area contributed by atoms with E-state index < -0.39 is 23.5 Å². The van der Waals surface area contributed by atoms with Crippen molar-refractivity contribution in [3.8, 4) is 11.4 Å². The smallest absolute Gasteiger partial charge is 0.368 e. The van der Waals surface area contributed by atoms with E-state index >= 15 is 4.39 Å². The molecule has 0 aliphatic carbocycles. The second-order valence-corrected chi connectivity index (χ2v) is 10.8. The number of anilines is 3. The number of hydrogen-bond donors (Lipinski definition) is 2. The van der Waals surface area contributed by atoms with Crippen LogP contribution in [-0.2, 0) is 7.05 Å².